The highest BCUT2D eigenvalue weighted by Crippen LogP contribution is 2.40. The molecular formula is C12H16F4O. The Morgan fingerprint density at radius 1 is 1.06 bits per heavy atom. The SMILES string of the molecule is OC1CCC(C2C=C(F)[C@@H](F)C(F)C2)C(F)C1. The molecule has 2 aliphatic carbocycles. The third-order valence-corrected chi connectivity index (χ3v) is 3.80. The summed E-state index contributed by atoms with van der Waals surface area (Å²) < 4.78 is 52.9. The molecule has 98 valence electrons. The fourth-order valence-corrected chi connectivity index (χ4v) is 2.82. The van der Waals surface area contributed by atoms with Gasteiger partial charge >= 0.3 is 0 Å². The van der Waals surface area contributed by atoms with E-state index in [4.69, 9.17) is 0 Å². The van der Waals surface area contributed by atoms with Gasteiger partial charge in [-0.2, -0.15) is 0 Å². The highest BCUT2D eigenvalue weighted by Gasteiger charge is 2.40. The standard InChI is InChI=1S/C12H16F4O/c13-9-5-7(17)1-2-8(9)6-3-10(14)12(16)11(15)4-6/h3,6-9,11-12,17H,1-2,4-5H2/t6?,7?,8?,9?,11?,12-/m1/s1. The Morgan fingerprint density at radius 2 is 1.76 bits per heavy atom. The molecule has 1 nitrogen and oxygen atoms in total. The lowest BCUT2D eigenvalue weighted by atomic mass is 9.73. The van der Waals surface area contributed by atoms with E-state index in [9.17, 15) is 22.7 Å². The summed E-state index contributed by atoms with van der Waals surface area (Å²) in [5.41, 5.74) is 0. The van der Waals surface area contributed by atoms with Crippen LogP contribution in [0.25, 0.3) is 0 Å². The van der Waals surface area contributed by atoms with Gasteiger partial charge < -0.3 is 5.11 Å². The van der Waals surface area contributed by atoms with Crippen LogP contribution in [0.15, 0.2) is 11.9 Å². The monoisotopic (exact) mass is 252 g/mol. The molecular weight excluding hydrogens is 236 g/mol. The zero-order chi connectivity index (χ0) is 12.6. The van der Waals surface area contributed by atoms with Crippen molar-refractivity contribution in [2.45, 2.75) is 50.3 Å². The molecule has 1 saturated carbocycles. The molecule has 2 aliphatic rings. The van der Waals surface area contributed by atoms with Crippen molar-refractivity contribution in [2.24, 2.45) is 11.8 Å². The second-order valence-electron chi connectivity index (χ2n) is 5.02. The van der Waals surface area contributed by atoms with Crippen molar-refractivity contribution in [1.82, 2.24) is 0 Å². The van der Waals surface area contributed by atoms with Gasteiger partial charge in [0.25, 0.3) is 0 Å². The highest BCUT2D eigenvalue weighted by atomic mass is 19.2. The minimum atomic E-state index is -2.20. The molecule has 0 spiro atoms. The number of halogens is 4. The summed E-state index contributed by atoms with van der Waals surface area (Å²) in [6.45, 7) is 0. The predicted molar refractivity (Wildman–Crippen MR) is 55.3 cm³/mol. The molecule has 17 heavy (non-hydrogen) atoms. The number of hydrogen-bond donors (Lipinski definition) is 1. The maximum absolute atomic E-state index is 13.7. The molecule has 0 amide bonds. The van der Waals surface area contributed by atoms with Crippen LogP contribution in [0.4, 0.5) is 17.6 Å². The summed E-state index contributed by atoms with van der Waals surface area (Å²) >= 11 is 0. The largest absolute Gasteiger partial charge is 0.393 e. The van der Waals surface area contributed by atoms with Gasteiger partial charge in [0.15, 0.2) is 6.17 Å². The third-order valence-electron chi connectivity index (χ3n) is 3.80. The number of allylic oxidation sites excluding steroid dienone is 2. The van der Waals surface area contributed by atoms with E-state index in [1.165, 1.54) is 0 Å². The van der Waals surface area contributed by atoms with E-state index in [-0.39, 0.29) is 12.8 Å². The van der Waals surface area contributed by atoms with Crippen LogP contribution in [0.5, 0.6) is 0 Å². The fraction of sp³-hybridized carbons (Fsp3) is 0.833. The first-order valence-electron chi connectivity index (χ1n) is 5.96. The number of alkyl halides is 3. The first-order valence-corrected chi connectivity index (χ1v) is 5.96. The molecule has 0 saturated heterocycles. The highest BCUT2D eigenvalue weighted by molar-refractivity contribution is 5.11. The minimum absolute atomic E-state index is 0.00658. The van der Waals surface area contributed by atoms with E-state index in [2.05, 4.69) is 0 Å². The van der Waals surface area contributed by atoms with Gasteiger partial charge in [-0.15, -0.1) is 0 Å². The first kappa shape index (κ1) is 12.9. The Hall–Kier alpha value is -0.580. The molecule has 6 atom stereocenters. The van der Waals surface area contributed by atoms with Crippen LogP contribution in [0.2, 0.25) is 0 Å². The second-order valence-corrected chi connectivity index (χ2v) is 5.02. The Bertz CT molecular complexity index is 307. The van der Waals surface area contributed by atoms with Gasteiger partial charge in [0.2, 0.25) is 0 Å². The summed E-state index contributed by atoms with van der Waals surface area (Å²) in [6.07, 6.45) is -4.33. The van der Waals surface area contributed by atoms with E-state index in [0.717, 1.165) is 6.08 Å². The minimum Gasteiger partial charge on any atom is -0.393 e. The molecule has 5 unspecified atom stereocenters. The number of aliphatic hydroxyl groups is 1. The molecule has 0 aromatic carbocycles. The van der Waals surface area contributed by atoms with Crippen LogP contribution in [-0.4, -0.2) is 29.7 Å². The molecule has 5 heteroatoms. The third kappa shape index (κ3) is 2.64. The second kappa shape index (κ2) is 4.96. The maximum Gasteiger partial charge on any atom is 0.182 e. The number of hydrogen-bond acceptors (Lipinski definition) is 1. The van der Waals surface area contributed by atoms with Crippen molar-refractivity contribution in [3.8, 4) is 0 Å². The quantitative estimate of drug-likeness (QED) is 0.711. The van der Waals surface area contributed by atoms with Crippen LogP contribution in [0, 0.1) is 11.8 Å². The Labute approximate surface area is 97.5 Å². The van der Waals surface area contributed by atoms with E-state index in [0.29, 0.717) is 12.8 Å². The van der Waals surface area contributed by atoms with Gasteiger partial charge in [-0.25, -0.2) is 17.6 Å². The number of rotatable bonds is 1. The van der Waals surface area contributed by atoms with E-state index in [1.54, 1.807) is 0 Å². The van der Waals surface area contributed by atoms with Crippen molar-refractivity contribution >= 4 is 0 Å². The molecule has 0 radical (unpaired) electrons. The zero-order valence-electron chi connectivity index (χ0n) is 9.33. The van der Waals surface area contributed by atoms with Crippen molar-refractivity contribution < 1.29 is 22.7 Å². The van der Waals surface area contributed by atoms with Gasteiger partial charge in [-0.05, 0) is 37.2 Å². The molecule has 1 N–H and O–H groups in total. The Kier molecular flexibility index (Phi) is 3.76. The molecule has 1 fully saturated rings. The lowest BCUT2D eigenvalue weighted by molar-refractivity contribution is 0.0200. The summed E-state index contributed by atoms with van der Waals surface area (Å²) in [4.78, 5) is 0. The summed E-state index contributed by atoms with van der Waals surface area (Å²) in [5, 5.41) is 9.28. The number of aliphatic hydroxyl groups excluding tert-OH is 1. The summed E-state index contributed by atoms with van der Waals surface area (Å²) in [7, 11) is 0. The average molecular weight is 252 g/mol. The van der Waals surface area contributed by atoms with Crippen molar-refractivity contribution in [2.75, 3.05) is 0 Å². The zero-order valence-corrected chi connectivity index (χ0v) is 9.33. The molecule has 0 bridgehead atoms. The Morgan fingerprint density at radius 3 is 2.35 bits per heavy atom. The van der Waals surface area contributed by atoms with E-state index in [1.807, 2.05) is 0 Å². The molecule has 2 rings (SSSR count). The fourth-order valence-electron chi connectivity index (χ4n) is 2.82. The topological polar surface area (TPSA) is 20.2 Å². The van der Waals surface area contributed by atoms with Crippen molar-refractivity contribution in [3.05, 3.63) is 11.9 Å². The lowest BCUT2D eigenvalue weighted by Gasteiger charge is -2.36. The van der Waals surface area contributed by atoms with E-state index >= 15 is 0 Å². The van der Waals surface area contributed by atoms with E-state index < -0.39 is 42.3 Å². The maximum atomic E-state index is 13.7. The molecule has 0 aliphatic heterocycles. The summed E-state index contributed by atoms with van der Waals surface area (Å²) in [5.74, 6) is -2.22. The predicted octanol–water partition coefficient (Wildman–Crippen LogP) is 3.04. The molecule has 0 aromatic heterocycles. The van der Waals surface area contributed by atoms with Crippen LogP contribution in [0.1, 0.15) is 25.7 Å². The van der Waals surface area contributed by atoms with Crippen molar-refractivity contribution in [3.63, 3.8) is 0 Å². The molecule has 0 aromatic rings. The van der Waals surface area contributed by atoms with Crippen molar-refractivity contribution in [1.29, 1.82) is 0 Å². The van der Waals surface area contributed by atoms with Crippen LogP contribution < -0.4 is 0 Å². The van der Waals surface area contributed by atoms with Gasteiger partial charge in [0.05, 0.1) is 6.10 Å². The average Bonchev–Trinajstić information content (AvgIpc) is 2.25. The van der Waals surface area contributed by atoms with Crippen LogP contribution in [-0.2, 0) is 0 Å². The molecule has 0 heterocycles. The van der Waals surface area contributed by atoms with Gasteiger partial charge in [-0.1, -0.05) is 0 Å². The smallest absolute Gasteiger partial charge is 0.182 e. The first-order chi connectivity index (χ1) is 7.99. The van der Waals surface area contributed by atoms with Crippen LogP contribution in [0.3, 0.4) is 0 Å². The van der Waals surface area contributed by atoms with Crippen LogP contribution >= 0.6 is 0 Å². The normalized spacial score (nSPS) is 47.7. The Balaban J connectivity index is 2.08. The van der Waals surface area contributed by atoms with Gasteiger partial charge in [-0.3, -0.25) is 0 Å². The van der Waals surface area contributed by atoms with Gasteiger partial charge in [0, 0.05) is 6.42 Å². The summed E-state index contributed by atoms with van der Waals surface area (Å²) in [6, 6.07) is 0. The lowest BCUT2D eigenvalue weighted by Crippen LogP contribution is -2.37. The van der Waals surface area contributed by atoms with Gasteiger partial charge in [0.1, 0.15) is 18.2 Å².